The van der Waals surface area contributed by atoms with Crippen molar-refractivity contribution in [2.45, 2.75) is 32.7 Å². The van der Waals surface area contributed by atoms with E-state index >= 15 is 0 Å². The van der Waals surface area contributed by atoms with Gasteiger partial charge in [-0.2, -0.15) is 18.3 Å². The van der Waals surface area contributed by atoms with Crippen molar-refractivity contribution >= 4 is 11.6 Å². The van der Waals surface area contributed by atoms with Crippen molar-refractivity contribution in [2.24, 2.45) is 0 Å². The van der Waals surface area contributed by atoms with Crippen LogP contribution in [0.15, 0.2) is 36.5 Å². The molecule has 0 unspecified atom stereocenters. The maximum Gasteiger partial charge on any atom is 0.422 e. The number of carbonyl (C=O) groups excluding carboxylic acids is 1. The van der Waals surface area contributed by atoms with Crippen molar-refractivity contribution in [1.82, 2.24) is 9.78 Å². The highest BCUT2D eigenvalue weighted by atomic mass is 19.4. The first-order valence-corrected chi connectivity index (χ1v) is 9.40. The minimum atomic E-state index is -5.69. The van der Waals surface area contributed by atoms with Gasteiger partial charge < -0.3 is 10.1 Å². The minimum absolute atomic E-state index is 0.152. The first kappa shape index (κ1) is 24.1. The quantitative estimate of drug-likeness (QED) is 0.358. The first-order chi connectivity index (χ1) is 15.4. The van der Waals surface area contributed by atoms with E-state index in [0.717, 1.165) is 16.3 Å². The van der Waals surface area contributed by atoms with E-state index in [0.29, 0.717) is 11.7 Å². The van der Waals surface area contributed by atoms with Gasteiger partial charge in [-0.15, -0.1) is 0 Å². The standard InChI is InChI=1S/C21H16F7N3O2/c1-10(2)11-3-5-12(6-4-11)33-9-31-8-7-13(30-31)20(32)29-19-17(24)15(22)14(21(26,27)28)16(23)18(19)25/h3-8,10H,9H2,1-2H3,(H,29,32). The topological polar surface area (TPSA) is 56.1 Å². The lowest BCUT2D eigenvalue weighted by atomic mass is 10.0. The summed E-state index contributed by atoms with van der Waals surface area (Å²) in [7, 11) is 0. The number of nitrogens with zero attached hydrogens (tertiary/aromatic N) is 2. The number of hydrogen-bond donors (Lipinski definition) is 1. The monoisotopic (exact) mass is 475 g/mol. The second kappa shape index (κ2) is 9.12. The normalized spacial score (nSPS) is 11.7. The highest BCUT2D eigenvalue weighted by molar-refractivity contribution is 6.03. The smallest absolute Gasteiger partial charge is 0.422 e. The number of anilines is 1. The molecule has 1 N–H and O–H groups in total. The molecule has 1 amide bonds. The molecule has 12 heteroatoms. The van der Waals surface area contributed by atoms with Crippen LogP contribution in [-0.2, 0) is 12.9 Å². The van der Waals surface area contributed by atoms with Crippen LogP contribution in [0, 0.1) is 23.3 Å². The van der Waals surface area contributed by atoms with Crippen molar-refractivity contribution in [3.8, 4) is 5.75 Å². The first-order valence-electron chi connectivity index (χ1n) is 9.40. The van der Waals surface area contributed by atoms with Crippen LogP contribution in [0.3, 0.4) is 0 Å². The van der Waals surface area contributed by atoms with E-state index in [-0.39, 0.29) is 6.73 Å². The van der Waals surface area contributed by atoms with E-state index in [1.165, 1.54) is 11.5 Å². The Morgan fingerprint density at radius 1 is 1.00 bits per heavy atom. The summed E-state index contributed by atoms with van der Waals surface area (Å²) in [5.74, 6) is -10.7. The van der Waals surface area contributed by atoms with Gasteiger partial charge in [0.25, 0.3) is 5.91 Å². The van der Waals surface area contributed by atoms with Gasteiger partial charge in [-0.25, -0.2) is 22.2 Å². The Morgan fingerprint density at radius 3 is 2.09 bits per heavy atom. The second-order valence-electron chi connectivity index (χ2n) is 7.20. The van der Waals surface area contributed by atoms with E-state index in [4.69, 9.17) is 4.74 Å². The Kier molecular flexibility index (Phi) is 6.65. The van der Waals surface area contributed by atoms with Crippen LogP contribution in [0.25, 0.3) is 0 Å². The second-order valence-corrected chi connectivity index (χ2v) is 7.20. The molecule has 0 aliphatic carbocycles. The largest absolute Gasteiger partial charge is 0.471 e. The van der Waals surface area contributed by atoms with E-state index in [9.17, 15) is 35.5 Å². The molecule has 0 spiro atoms. The molecule has 3 aromatic rings. The number of ether oxygens (including phenoxy) is 1. The molecule has 1 aromatic heterocycles. The van der Waals surface area contributed by atoms with Gasteiger partial charge in [0.2, 0.25) is 0 Å². The Morgan fingerprint density at radius 2 is 1.58 bits per heavy atom. The fourth-order valence-electron chi connectivity index (χ4n) is 2.81. The molecule has 0 aliphatic rings. The Balaban J connectivity index is 1.73. The van der Waals surface area contributed by atoms with Crippen LogP contribution < -0.4 is 10.1 Å². The van der Waals surface area contributed by atoms with Gasteiger partial charge >= 0.3 is 6.18 Å². The zero-order chi connectivity index (χ0) is 24.5. The zero-order valence-electron chi connectivity index (χ0n) is 17.1. The van der Waals surface area contributed by atoms with Crippen molar-refractivity contribution in [3.63, 3.8) is 0 Å². The molecule has 176 valence electrons. The number of alkyl halides is 3. The third-order valence-corrected chi connectivity index (χ3v) is 4.57. The minimum Gasteiger partial charge on any atom is -0.471 e. The van der Waals surface area contributed by atoms with Crippen LogP contribution in [-0.4, -0.2) is 15.7 Å². The average molecular weight is 475 g/mol. The van der Waals surface area contributed by atoms with Gasteiger partial charge in [0.1, 0.15) is 17.0 Å². The lowest BCUT2D eigenvalue weighted by Gasteiger charge is -2.14. The molecule has 0 saturated carbocycles. The molecule has 33 heavy (non-hydrogen) atoms. The number of aromatic nitrogens is 2. The maximum absolute atomic E-state index is 14.0. The molecular formula is C21H16F7N3O2. The molecule has 0 atom stereocenters. The molecule has 0 saturated heterocycles. The van der Waals surface area contributed by atoms with Gasteiger partial charge in [-0.1, -0.05) is 26.0 Å². The molecule has 5 nitrogen and oxygen atoms in total. The number of nitrogens with one attached hydrogen (secondary N) is 1. The van der Waals surface area contributed by atoms with E-state index < -0.39 is 52.3 Å². The summed E-state index contributed by atoms with van der Waals surface area (Å²) < 4.78 is 99.9. The number of carbonyl (C=O) groups is 1. The van der Waals surface area contributed by atoms with Crippen LogP contribution in [0.5, 0.6) is 5.75 Å². The SMILES string of the molecule is CC(C)c1ccc(OCn2ccc(C(=O)Nc3c(F)c(F)c(C(F)(F)F)c(F)c3F)n2)cc1. The third kappa shape index (κ3) is 5.10. The zero-order valence-corrected chi connectivity index (χ0v) is 17.1. The number of amides is 1. The van der Waals surface area contributed by atoms with Gasteiger partial charge in [-0.3, -0.25) is 4.79 Å². The van der Waals surface area contributed by atoms with Gasteiger partial charge in [0, 0.05) is 6.20 Å². The lowest BCUT2D eigenvalue weighted by Crippen LogP contribution is -2.20. The average Bonchev–Trinajstić information content (AvgIpc) is 3.22. The Hall–Kier alpha value is -3.57. The summed E-state index contributed by atoms with van der Waals surface area (Å²) in [6.07, 6.45) is -4.41. The molecule has 0 radical (unpaired) electrons. The Bertz CT molecular complexity index is 1140. The summed E-state index contributed by atoms with van der Waals surface area (Å²) >= 11 is 0. The Labute approximate surface area is 182 Å². The molecule has 0 bridgehead atoms. The lowest BCUT2D eigenvalue weighted by molar-refractivity contribution is -0.143. The van der Waals surface area contributed by atoms with Crippen molar-refractivity contribution < 1.29 is 40.3 Å². The number of halogens is 7. The summed E-state index contributed by atoms with van der Waals surface area (Å²) in [5.41, 5.74) is -3.79. The van der Waals surface area contributed by atoms with Crippen LogP contribution in [0.2, 0.25) is 0 Å². The predicted octanol–water partition coefficient (Wildman–Crippen LogP) is 5.87. The number of hydrogen-bond acceptors (Lipinski definition) is 3. The predicted molar refractivity (Wildman–Crippen MR) is 103 cm³/mol. The third-order valence-electron chi connectivity index (χ3n) is 4.57. The van der Waals surface area contributed by atoms with Gasteiger partial charge in [-0.05, 0) is 29.7 Å². The molecule has 0 fully saturated rings. The van der Waals surface area contributed by atoms with E-state index in [1.54, 1.807) is 12.1 Å². The highest BCUT2D eigenvalue weighted by Crippen LogP contribution is 2.38. The fraction of sp³-hybridized carbons (Fsp3) is 0.238. The van der Waals surface area contributed by atoms with E-state index in [1.807, 2.05) is 26.0 Å². The number of rotatable bonds is 6. The highest BCUT2D eigenvalue weighted by Gasteiger charge is 2.42. The molecule has 3 rings (SSSR count). The molecule has 1 heterocycles. The number of benzene rings is 2. The van der Waals surface area contributed by atoms with Gasteiger partial charge in [0.05, 0.1) is 0 Å². The van der Waals surface area contributed by atoms with Crippen molar-refractivity contribution in [2.75, 3.05) is 5.32 Å². The molecule has 0 aliphatic heterocycles. The van der Waals surface area contributed by atoms with Crippen molar-refractivity contribution in [1.29, 1.82) is 0 Å². The molecular weight excluding hydrogens is 459 g/mol. The maximum atomic E-state index is 14.0. The van der Waals surface area contributed by atoms with Crippen LogP contribution in [0.4, 0.5) is 36.4 Å². The molecule has 2 aromatic carbocycles. The summed E-state index contributed by atoms with van der Waals surface area (Å²) in [4.78, 5) is 12.2. The van der Waals surface area contributed by atoms with Crippen molar-refractivity contribution in [3.05, 3.63) is 76.6 Å². The van der Waals surface area contributed by atoms with E-state index in [2.05, 4.69) is 5.10 Å². The summed E-state index contributed by atoms with van der Waals surface area (Å²) in [6, 6.07) is 8.30. The fourth-order valence-corrected chi connectivity index (χ4v) is 2.81. The van der Waals surface area contributed by atoms with Crippen LogP contribution >= 0.6 is 0 Å². The van der Waals surface area contributed by atoms with Gasteiger partial charge in [0.15, 0.2) is 35.7 Å². The summed E-state index contributed by atoms with van der Waals surface area (Å²) in [6.45, 7) is 3.90. The summed E-state index contributed by atoms with van der Waals surface area (Å²) in [5, 5.41) is 5.30. The van der Waals surface area contributed by atoms with Crippen LogP contribution in [0.1, 0.15) is 41.4 Å².